The van der Waals surface area contributed by atoms with Crippen molar-refractivity contribution in [3.05, 3.63) is 23.0 Å². The van der Waals surface area contributed by atoms with E-state index in [-0.39, 0.29) is 0 Å². The summed E-state index contributed by atoms with van der Waals surface area (Å²) in [4.78, 5) is 4.03. The number of nitrogens with zero attached hydrogens (tertiary/aromatic N) is 1. The van der Waals surface area contributed by atoms with Gasteiger partial charge in [0.05, 0.1) is 6.10 Å². The Bertz CT molecular complexity index is 367. The van der Waals surface area contributed by atoms with Crippen LogP contribution in [0.1, 0.15) is 38.2 Å². The normalized spacial score (nSPS) is 25.4. The van der Waals surface area contributed by atoms with Gasteiger partial charge in [-0.05, 0) is 32.1 Å². The van der Waals surface area contributed by atoms with Crippen LogP contribution in [0.3, 0.4) is 0 Å². The van der Waals surface area contributed by atoms with Gasteiger partial charge in [0.1, 0.15) is 10.9 Å². The van der Waals surface area contributed by atoms with Crippen LogP contribution in [0.4, 0.5) is 0 Å². The van der Waals surface area contributed by atoms with Crippen LogP contribution >= 0.6 is 11.6 Å². The molecule has 0 aliphatic heterocycles. The van der Waals surface area contributed by atoms with Gasteiger partial charge >= 0.3 is 0 Å². The highest BCUT2D eigenvalue weighted by molar-refractivity contribution is 6.29. The number of halogens is 1. The van der Waals surface area contributed by atoms with Crippen molar-refractivity contribution in [3.63, 3.8) is 0 Å². The molecule has 0 amide bonds. The van der Waals surface area contributed by atoms with Crippen LogP contribution in [0.15, 0.2) is 12.3 Å². The van der Waals surface area contributed by atoms with Crippen LogP contribution in [-0.2, 0) is 0 Å². The molecule has 2 atom stereocenters. The van der Waals surface area contributed by atoms with Gasteiger partial charge < -0.3 is 4.74 Å². The highest BCUT2D eigenvalue weighted by Gasteiger charge is 2.20. The first-order chi connectivity index (χ1) is 7.65. The second-order valence-electron chi connectivity index (χ2n) is 4.78. The molecular formula is C13H18ClNO. The Hall–Kier alpha value is -0.760. The number of rotatable bonds is 2. The molecule has 0 spiro atoms. The van der Waals surface area contributed by atoms with Gasteiger partial charge in [0.2, 0.25) is 0 Å². The lowest BCUT2D eigenvalue weighted by Gasteiger charge is -2.27. The molecule has 1 aromatic heterocycles. The minimum Gasteiger partial charge on any atom is -0.490 e. The molecule has 2 rings (SSSR count). The van der Waals surface area contributed by atoms with E-state index in [1.54, 1.807) is 6.20 Å². The van der Waals surface area contributed by atoms with E-state index in [1.807, 2.05) is 13.0 Å². The third-order valence-corrected chi connectivity index (χ3v) is 3.41. The lowest BCUT2D eigenvalue weighted by molar-refractivity contribution is 0.128. The zero-order valence-corrected chi connectivity index (χ0v) is 10.6. The monoisotopic (exact) mass is 239 g/mol. The van der Waals surface area contributed by atoms with Crippen molar-refractivity contribution in [2.24, 2.45) is 5.92 Å². The average Bonchev–Trinajstić information content (AvgIpc) is 2.24. The lowest BCUT2D eigenvalue weighted by Crippen LogP contribution is -2.24. The summed E-state index contributed by atoms with van der Waals surface area (Å²) in [7, 11) is 0. The summed E-state index contributed by atoms with van der Waals surface area (Å²) in [6.45, 7) is 4.30. The number of aryl methyl sites for hydroxylation is 1. The minimum atomic E-state index is 0.348. The zero-order valence-electron chi connectivity index (χ0n) is 9.87. The van der Waals surface area contributed by atoms with Gasteiger partial charge in [-0.15, -0.1) is 0 Å². The Kier molecular flexibility index (Phi) is 3.70. The molecule has 2 nitrogen and oxygen atoms in total. The Morgan fingerprint density at radius 3 is 3.00 bits per heavy atom. The van der Waals surface area contributed by atoms with Crippen LogP contribution in [0.2, 0.25) is 5.15 Å². The van der Waals surface area contributed by atoms with Crippen molar-refractivity contribution in [2.75, 3.05) is 0 Å². The fraction of sp³-hybridized carbons (Fsp3) is 0.615. The average molecular weight is 240 g/mol. The van der Waals surface area contributed by atoms with Gasteiger partial charge in [-0.25, -0.2) is 4.98 Å². The summed E-state index contributed by atoms with van der Waals surface area (Å²) >= 11 is 5.87. The van der Waals surface area contributed by atoms with Crippen LogP contribution in [-0.4, -0.2) is 11.1 Å². The van der Waals surface area contributed by atoms with E-state index in [4.69, 9.17) is 16.3 Å². The quantitative estimate of drug-likeness (QED) is 0.728. The highest BCUT2D eigenvalue weighted by Crippen LogP contribution is 2.29. The summed E-state index contributed by atoms with van der Waals surface area (Å²) < 4.78 is 6.01. The van der Waals surface area contributed by atoms with Crippen molar-refractivity contribution < 1.29 is 4.74 Å². The third kappa shape index (κ3) is 2.88. The van der Waals surface area contributed by atoms with Crippen molar-refractivity contribution >= 4 is 11.6 Å². The van der Waals surface area contributed by atoms with Gasteiger partial charge in [-0.3, -0.25) is 0 Å². The Morgan fingerprint density at radius 1 is 1.44 bits per heavy atom. The third-order valence-electron chi connectivity index (χ3n) is 3.20. The van der Waals surface area contributed by atoms with Gasteiger partial charge in [0, 0.05) is 17.8 Å². The maximum absolute atomic E-state index is 6.01. The molecule has 1 aliphatic carbocycles. The number of hydrogen-bond donors (Lipinski definition) is 0. The largest absolute Gasteiger partial charge is 0.490 e. The van der Waals surface area contributed by atoms with Crippen molar-refractivity contribution in [2.45, 2.75) is 45.6 Å². The molecule has 1 aromatic rings. The molecular weight excluding hydrogens is 222 g/mol. The first-order valence-electron chi connectivity index (χ1n) is 5.94. The molecule has 1 saturated carbocycles. The molecule has 2 unspecified atom stereocenters. The summed E-state index contributed by atoms with van der Waals surface area (Å²) in [6, 6.07) is 1.82. The second kappa shape index (κ2) is 5.05. The van der Waals surface area contributed by atoms with Crippen molar-refractivity contribution in [1.29, 1.82) is 0 Å². The maximum atomic E-state index is 6.01. The minimum absolute atomic E-state index is 0.348. The molecule has 1 fully saturated rings. The van der Waals surface area contributed by atoms with Gasteiger partial charge in [-0.2, -0.15) is 0 Å². The zero-order chi connectivity index (χ0) is 11.5. The van der Waals surface area contributed by atoms with Gasteiger partial charge in [0.15, 0.2) is 0 Å². The van der Waals surface area contributed by atoms with E-state index < -0.39 is 0 Å². The predicted octanol–water partition coefficient (Wildman–Crippen LogP) is 4.00. The highest BCUT2D eigenvalue weighted by atomic mass is 35.5. The van der Waals surface area contributed by atoms with Gasteiger partial charge in [-0.1, -0.05) is 24.9 Å². The molecule has 0 bridgehead atoms. The maximum Gasteiger partial charge on any atom is 0.132 e. The summed E-state index contributed by atoms with van der Waals surface area (Å²) in [5.74, 6) is 1.66. The number of pyridine rings is 1. The van der Waals surface area contributed by atoms with E-state index in [0.717, 1.165) is 30.1 Å². The number of hydrogen-bond acceptors (Lipinski definition) is 2. The van der Waals surface area contributed by atoms with E-state index in [9.17, 15) is 0 Å². The molecule has 16 heavy (non-hydrogen) atoms. The predicted molar refractivity (Wildman–Crippen MR) is 66.0 cm³/mol. The molecule has 1 aliphatic rings. The lowest BCUT2D eigenvalue weighted by atomic mass is 9.89. The molecule has 0 radical (unpaired) electrons. The summed E-state index contributed by atoms with van der Waals surface area (Å²) in [6.07, 6.45) is 7.02. The second-order valence-corrected chi connectivity index (χ2v) is 5.17. The van der Waals surface area contributed by atoms with E-state index in [0.29, 0.717) is 11.3 Å². The van der Waals surface area contributed by atoms with E-state index >= 15 is 0 Å². The van der Waals surface area contributed by atoms with Crippen LogP contribution < -0.4 is 4.74 Å². The number of ether oxygens (including phenoxy) is 1. The Labute approximate surface area is 102 Å². The first-order valence-corrected chi connectivity index (χ1v) is 6.31. The first kappa shape index (κ1) is 11.7. The Morgan fingerprint density at radius 2 is 2.25 bits per heavy atom. The van der Waals surface area contributed by atoms with Crippen molar-refractivity contribution in [1.82, 2.24) is 4.98 Å². The van der Waals surface area contributed by atoms with E-state index in [2.05, 4.69) is 11.9 Å². The topological polar surface area (TPSA) is 22.1 Å². The van der Waals surface area contributed by atoms with Crippen molar-refractivity contribution in [3.8, 4) is 5.75 Å². The van der Waals surface area contributed by atoms with Crippen LogP contribution in [0, 0.1) is 12.8 Å². The fourth-order valence-electron chi connectivity index (χ4n) is 2.27. The van der Waals surface area contributed by atoms with Gasteiger partial charge in [0.25, 0.3) is 0 Å². The molecule has 1 heterocycles. The summed E-state index contributed by atoms with van der Waals surface area (Å²) in [5, 5.41) is 0.504. The van der Waals surface area contributed by atoms with Crippen LogP contribution in [0.5, 0.6) is 5.75 Å². The van der Waals surface area contributed by atoms with Crippen LogP contribution in [0.25, 0.3) is 0 Å². The van der Waals surface area contributed by atoms with E-state index in [1.165, 1.54) is 12.8 Å². The standard InChI is InChI=1S/C13H18ClNO/c1-9-4-3-5-11(6-9)16-12-7-13(14)15-8-10(12)2/h7-9,11H,3-6H2,1-2H3. The fourth-order valence-corrected chi connectivity index (χ4v) is 2.42. The molecule has 3 heteroatoms. The molecule has 0 saturated heterocycles. The molecule has 88 valence electrons. The SMILES string of the molecule is Cc1cnc(Cl)cc1OC1CCCC(C)C1. The smallest absolute Gasteiger partial charge is 0.132 e. The molecule has 0 aromatic carbocycles. The Balaban J connectivity index is 2.05. The summed E-state index contributed by atoms with van der Waals surface area (Å²) in [5.41, 5.74) is 1.06. The molecule has 0 N–H and O–H groups in total. The number of aromatic nitrogens is 1.